The number of benzene rings is 2. The van der Waals surface area contributed by atoms with E-state index in [0.717, 1.165) is 55.9 Å². The average molecular weight is 688 g/mol. The summed E-state index contributed by atoms with van der Waals surface area (Å²) in [5.74, 6) is -0.455. The number of hydrogen-bond donors (Lipinski definition) is 2. The second-order valence-corrected chi connectivity index (χ2v) is 15.3. The largest absolute Gasteiger partial charge is 0.487 e. The third kappa shape index (κ3) is 8.49. The van der Waals surface area contributed by atoms with Crippen LogP contribution in [0.15, 0.2) is 48.6 Å². The fourth-order valence-electron chi connectivity index (χ4n) is 6.85. The summed E-state index contributed by atoms with van der Waals surface area (Å²) in [5.41, 5.74) is 0.480. The maximum Gasteiger partial charge on any atom is 0.270 e. The summed E-state index contributed by atoms with van der Waals surface area (Å²) in [4.78, 5) is 30.7. The van der Waals surface area contributed by atoms with Gasteiger partial charge in [-0.05, 0) is 97.7 Å². The number of allylic oxidation sites excluding steroid dienone is 1. The predicted octanol–water partition coefficient (Wildman–Crippen LogP) is 4.56. The molecule has 0 saturated heterocycles. The summed E-state index contributed by atoms with van der Waals surface area (Å²) in [7, 11) is -0.680. The maximum absolute atomic E-state index is 13.5. The Morgan fingerprint density at radius 1 is 1.11 bits per heavy atom. The number of halogens is 1. The lowest BCUT2D eigenvalue weighted by molar-refractivity contribution is -0.148. The minimum atomic E-state index is -4.04. The first-order chi connectivity index (χ1) is 22.4. The molecule has 2 N–H and O–H groups in total. The van der Waals surface area contributed by atoms with Gasteiger partial charge >= 0.3 is 0 Å². The van der Waals surface area contributed by atoms with Gasteiger partial charge in [-0.25, -0.2) is 8.42 Å². The molecular weight excluding hydrogens is 642 g/mol. The first kappa shape index (κ1) is 35.2. The topological polar surface area (TPSA) is 125 Å². The summed E-state index contributed by atoms with van der Waals surface area (Å²) in [6, 6.07) is 10.7. The summed E-state index contributed by atoms with van der Waals surface area (Å²) >= 11 is 6.34. The van der Waals surface area contributed by atoms with Gasteiger partial charge in [0.25, 0.3) is 5.91 Å². The molecule has 3 aliphatic rings. The predicted molar refractivity (Wildman–Crippen MR) is 182 cm³/mol. The molecule has 5 rings (SSSR count). The third-order valence-corrected chi connectivity index (χ3v) is 10.5. The van der Waals surface area contributed by atoms with Crippen LogP contribution in [0, 0.1) is 11.8 Å². The molecule has 0 aromatic heterocycles. The van der Waals surface area contributed by atoms with Gasteiger partial charge in [-0.3, -0.25) is 14.3 Å². The average Bonchev–Trinajstić information content (AvgIpc) is 3.03. The Kier molecular flexibility index (Phi) is 11.2. The molecule has 47 heavy (non-hydrogen) atoms. The number of carbonyl (C=O) groups is 2. The number of aryl methyl sites for hydroxylation is 1. The summed E-state index contributed by atoms with van der Waals surface area (Å²) < 4.78 is 38.7. The first-order valence-electron chi connectivity index (χ1n) is 16.4. The van der Waals surface area contributed by atoms with Crippen molar-refractivity contribution in [1.82, 2.24) is 9.62 Å². The van der Waals surface area contributed by atoms with Crippen LogP contribution in [0.5, 0.6) is 5.75 Å². The first-order valence-corrected chi connectivity index (χ1v) is 18.6. The molecule has 2 aromatic carbocycles. The molecule has 10 nitrogen and oxygen atoms in total. The summed E-state index contributed by atoms with van der Waals surface area (Å²) in [6.07, 6.45) is 10.5. The molecule has 1 fully saturated rings. The van der Waals surface area contributed by atoms with E-state index in [2.05, 4.69) is 17.1 Å². The highest BCUT2D eigenvalue weighted by Crippen LogP contribution is 2.42. The molecule has 0 radical (unpaired) electrons. The molecule has 2 bridgehead atoms. The van der Waals surface area contributed by atoms with Gasteiger partial charge in [-0.2, -0.15) is 0 Å². The zero-order valence-electron chi connectivity index (χ0n) is 27.4. The van der Waals surface area contributed by atoms with E-state index in [-0.39, 0.29) is 18.3 Å². The second kappa shape index (κ2) is 15.0. The fourth-order valence-corrected chi connectivity index (χ4v) is 7.55. The number of rotatable bonds is 3. The van der Waals surface area contributed by atoms with Crippen molar-refractivity contribution >= 4 is 39.1 Å². The number of nitrogens with zero attached hydrogens (tertiary/aromatic N) is 2. The van der Waals surface area contributed by atoms with Crippen molar-refractivity contribution in [1.29, 1.82) is 0 Å². The highest BCUT2D eigenvalue weighted by atomic mass is 35.5. The molecule has 4 atom stereocenters. The molecule has 0 unspecified atom stereocenters. The molecule has 12 heteroatoms. The lowest BCUT2D eigenvalue weighted by atomic mass is 9.70. The summed E-state index contributed by atoms with van der Waals surface area (Å²) in [6.45, 7) is 2.07. The van der Waals surface area contributed by atoms with Crippen molar-refractivity contribution in [2.24, 2.45) is 11.8 Å². The Balaban J connectivity index is 1.62. The SMILES string of the molecule is CO[C@H]1/C=C/CCCN(C)C(=O)C[C@@](O)(C(=O)NS(C)(=O)=O)c2ccc3c(c2)N(CCCCc2cc(Cl)ccc2CO3)C[C@@H]2CC[C@H]21. The molecular formula is C35H46ClN3O7S. The zero-order valence-corrected chi connectivity index (χ0v) is 29.0. The van der Waals surface area contributed by atoms with E-state index in [1.807, 2.05) is 22.9 Å². The van der Waals surface area contributed by atoms with Crippen molar-refractivity contribution < 1.29 is 32.6 Å². The fraction of sp³-hybridized carbons (Fsp3) is 0.543. The molecule has 1 saturated carbocycles. The smallest absolute Gasteiger partial charge is 0.270 e. The Hall–Kier alpha value is -3.12. The van der Waals surface area contributed by atoms with Crippen molar-refractivity contribution in [3.63, 3.8) is 0 Å². The van der Waals surface area contributed by atoms with Crippen molar-refractivity contribution in [3.05, 3.63) is 70.3 Å². The number of nitrogens with one attached hydrogen (secondary N) is 1. The Morgan fingerprint density at radius 2 is 1.91 bits per heavy atom. The molecule has 256 valence electrons. The molecule has 1 aliphatic carbocycles. The van der Waals surface area contributed by atoms with Crippen LogP contribution in [0.4, 0.5) is 5.69 Å². The molecule has 2 amide bonds. The van der Waals surface area contributed by atoms with Crippen LogP contribution in [0.2, 0.25) is 5.02 Å². The number of aliphatic hydroxyl groups is 1. The van der Waals surface area contributed by atoms with Crippen LogP contribution < -0.4 is 14.4 Å². The normalized spacial score (nSPS) is 26.7. The minimum Gasteiger partial charge on any atom is -0.487 e. The number of fused-ring (bicyclic) bond motifs is 3. The molecule has 2 aromatic rings. The second-order valence-electron chi connectivity index (χ2n) is 13.1. The van der Waals surface area contributed by atoms with E-state index in [9.17, 15) is 23.1 Å². The number of ether oxygens (including phenoxy) is 2. The van der Waals surface area contributed by atoms with E-state index in [1.165, 1.54) is 4.90 Å². The number of amides is 2. The lowest BCUT2D eigenvalue weighted by Crippen LogP contribution is -2.49. The minimum absolute atomic E-state index is 0.0289. The van der Waals surface area contributed by atoms with Crippen molar-refractivity contribution in [2.75, 3.05) is 44.9 Å². The molecule has 2 heterocycles. The van der Waals surface area contributed by atoms with Crippen molar-refractivity contribution in [3.8, 4) is 5.75 Å². The van der Waals surface area contributed by atoms with E-state index in [4.69, 9.17) is 21.1 Å². The van der Waals surface area contributed by atoms with Gasteiger partial charge in [-0.15, -0.1) is 0 Å². The number of hydrogen-bond acceptors (Lipinski definition) is 8. The maximum atomic E-state index is 13.5. The number of sulfonamides is 1. The number of carbonyl (C=O) groups excluding carboxylic acids is 2. The van der Waals surface area contributed by atoms with Crippen LogP contribution in [0.25, 0.3) is 0 Å². The monoisotopic (exact) mass is 687 g/mol. The van der Waals surface area contributed by atoms with Crippen LogP contribution >= 0.6 is 11.6 Å². The third-order valence-electron chi connectivity index (χ3n) is 9.75. The van der Waals surface area contributed by atoms with Gasteiger partial charge in [-0.1, -0.05) is 35.9 Å². The van der Waals surface area contributed by atoms with Crippen LogP contribution in [0.3, 0.4) is 0 Å². The van der Waals surface area contributed by atoms with E-state index >= 15 is 0 Å². The molecule has 2 aliphatic heterocycles. The van der Waals surface area contributed by atoms with Gasteiger partial charge in [0, 0.05) is 38.8 Å². The standard InChI is InChI=1S/C35H46ClN3O7S/c1-38-17-7-4-5-10-31(45-2)29-15-12-25(29)22-39-18-8-6-9-24-19-28(36)14-11-26(24)23-46-32-16-13-27(20-30(32)39)35(42,21-33(38)40)34(41)37-47(3,43)44/h5,10-11,13-14,16,19-20,25,29,31,42H,4,6-9,12,15,17-18,21-23H2,1-3H3,(H,37,41)/b10-5+/t25-,29+,31-,35-/m0/s1. The van der Waals surface area contributed by atoms with E-state index < -0.39 is 33.9 Å². The van der Waals surface area contributed by atoms with Gasteiger partial charge in [0.1, 0.15) is 12.4 Å². The Bertz CT molecular complexity index is 1600. The highest BCUT2D eigenvalue weighted by Gasteiger charge is 2.43. The van der Waals surface area contributed by atoms with Gasteiger partial charge in [0.2, 0.25) is 15.9 Å². The summed E-state index contributed by atoms with van der Waals surface area (Å²) in [5, 5.41) is 12.7. The Morgan fingerprint density at radius 3 is 2.64 bits per heavy atom. The number of anilines is 1. The van der Waals surface area contributed by atoms with Gasteiger partial charge in [0.15, 0.2) is 5.60 Å². The van der Waals surface area contributed by atoms with Crippen LogP contribution in [-0.4, -0.2) is 76.4 Å². The quantitative estimate of drug-likeness (QED) is 0.450. The zero-order chi connectivity index (χ0) is 33.8. The number of methoxy groups -OCH3 is 1. The van der Waals surface area contributed by atoms with Crippen molar-refractivity contribution in [2.45, 2.75) is 69.7 Å². The van der Waals surface area contributed by atoms with Crippen LogP contribution in [-0.2, 0) is 43.0 Å². The molecule has 0 spiro atoms. The van der Waals surface area contributed by atoms with E-state index in [1.54, 1.807) is 32.4 Å². The lowest BCUT2D eigenvalue weighted by Gasteiger charge is -2.43. The van der Waals surface area contributed by atoms with Gasteiger partial charge < -0.3 is 24.4 Å². The van der Waals surface area contributed by atoms with Gasteiger partial charge in [0.05, 0.1) is 24.5 Å². The van der Waals surface area contributed by atoms with Crippen LogP contribution in [0.1, 0.15) is 61.6 Å². The Labute approximate surface area is 283 Å². The highest BCUT2D eigenvalue weighted by molar-refractivity contribution is 7.89. The van der Waals surface area contributed by atoms with E-state index in [0.29, 0.717) is 54.4 Å².